The number of hydrogen-bond donors (Lipinski definition) is 2. The van der Waals surface area contributed by atoms with Gasteiger partial charge in [0.05, 0.1) is 6.54 Å². The van der Waals surface area contributed by atoms with E-state index in [1.165, 1.54) is 11.3 Å². The third-order valence-electron chi connectivity index (χ3n) is 3.80. The third-order valence-corrected chi connectivity index (χ3v) is 4.89. The van der Waals surface area contributed by atoms with Crippen molar-refractivity contribution in [3.05, 3.63) is 51.1 Å². The van der Waals surface area contributed by atoms with E-state index in [2.05, 4.69) is 15.6 Å². The smallest absolute Gasteiger partial charge is 0.270 e. The summed E-state index contributed by atoms with van der Waals surface area (Å²) in [5.41, 5.74) is 1.33. The molecule has 124 valence electrons. The number of rotatable bonds is 6. The minimum absolute atomic E-state index is 0.0748. The minimum atomic E-state index is -0.0748. The van der Waals surface area contributed by atoms with Crippen molar-refractivity contribution in [2.75, 3.05) is 0 Å². The maximum absolute atomic E-state index is 11.9. The second-order valence-corrected chi connectivity index (χ2v) is 7.25. The highest BCUT2D eigenvalue weighted by Crippen LogP contribution is 2.23. The summed E-state index contributed by atoms with van der Waals surface area (Å²) >= 11 is 7.46. The number of carbonyl (C=O) groups is 1. The van der Waals surface area contributed by atoms with Gasteiger partial charge < -0.3 is 15.1 Å². The van der Waals surface area contributed by atoms with Crippen LogP contribution in [0.15, 0.2) is 34.1 Å². The summed E-state index contributed by atoms with van der Waals surface area (Å²) in [6, 6.07) is 7.89. The van der Waals surface area contributed by atoms with Crippen LogP contribution in [0.3, 0.4) is 0 Å². The number of halogens is 1. The Bertz CT molecular complexity index is 885. The number of amides is 1. The fourth-order valence-electron chi connectivity index (χ4n) is 2.43. The van der Waals surface area contributed by atoms with Crippen LogP contribution in [0.25, 0.3) is 11.0 Å². The summed E-state index contributed by atoms with van der Waals surface area (Å²) in [5.74, 6) is 0.768. The molecular weight excluding hydrogens is 346 g/mol. The van der Waals surface area contributed by atoms with Gasteiger partial charge in [-0.05, 0) is 37.1 Å². The molecule has 1 amide bonds. The Morgan fingerprint density at radius 2 is 2.21 bits per heavy atom. The van der Waals surface area contributed by atoms with Crippen molar-refractivity contribution in [1.82, 2.24) is 15.6 Å². The highest BCUT2D eigenvalue weighted by molar-refractivity contribution is 7.09. The molecule has 0 unspecified atom stereocenters. The summed E-state index contributed by atoms with van der Waals surface area (Å²) in [5, 5.41) is 10.6. The number of thiazole rings is 1. The first kappa shape index (κ1) is 15.6. The largest absolute Gasteiger partial charge is 0.460 e. The zero-order chi connectivity index (χ0) is 16.5. The molecule has 4 rings (SSSR count). The van der Waals surface area contributed by atoms with Crippen LogP contribution in [0.2, 0.25) is 5.02 Å². The molecule has 7 heteroatoms. The van der Waals surface area contributed by atoms with Crippen molar-refractivity contribution in [2.24, 2.45) is 0 Å². The number of furan rings is 1. The molecule has 0 aliphatic heterocycles. The standard InChI is InChI=1S/C17H16ClN3O2S/c18-11-1-4-15-10(5-11)6-13(23-15)7-19-8-16-21-14(9-24-16)17(22)20-12-2-3-12/h1,4-6,9,12,19H,2-3,7-8H2,(H,20,22). The van der Waals surface area contributed by atoms with Crippen LogP contribution >= 0.6 is 22.9 Å². The summed E-state index contributed by atoms with van der Waals surface area (Å²) in [7, 11) is 0. The quantitative estimate of drug-likeness (QED) is 0.702. The number of benzene rings is 1. The number of nitrogens with one attached hydrogen (secondary N) is 2. The first-order valence-electron chi connectivity index (χ1n) is 7.81. The van der Waals surface area contributed by atoms with Crippen LogP contribution in [-0.2, 0) is 13.1 Å². The average molecular weight is 362 g/mol. The summed E-state index contributed by atoms with van der Waals surface area (Å²) < 4.78 is 5.75. The second kappa shape index (κ2) is 6.55. The molecule has 1 fully saturated rings. The number of fused-ring (bicyclic) bond motifs is 1. The molecular formula is C17H16ClN3O2S. The van der Waals surface area contributed by atoms with Gasteiger partial charge in [0.15, 0.2) is 0 Å². The fraction of sp³-hybridized carbons (Fsp3) is 0.294. The van der Waals surface area contributed by atoms with Gasteiger partial charge in [-0.1, -0.05) is 11.6 Å². The van der Waals surface area contributed by atoms with Crippen molar-refractivity contribution in [1.29, 1.82) is 0 Å². The van der Waals surface area contributed by atoms with E-state index in [0.29, 0.717) is 29.8 Å². The van der Waals surface area contributed by atoms with Crippen LogP contribution in [-0.4, -0.2) is 16.9 Å². The Kier molecular flexibility index (Phi) is 4.26. The third kappa shape index (κ3) is 3.61. The lowest BCUT2D eigenvalue weighted by molar-refractivity contribution is 0.0946. The van der Waals surface area contributed by atoms with Gasteiger partial charge in [0.2, 0.25) is 0 Å². The van der Waals surface area contributed by atoms with Crippen molar-refractivity contribution in [3.8, 4) is 0 Å². The van der Waals surface area contributed by atoms with E-state index in [1.807, 2.05) is 24.3 Å². The highest BCUT2D eigenvalue weighted by Gasteiger charge is 2.24. The van der Waals surface area contributed by atoms with E-state index in [1.54, 1.807) is 5.38 Å². The van der Waals surface area contributed by atoms with Gasteiger partial charge in [-0.2, -0.15) is 0 Å². The summed E-state index contributed by atoms with van der Waals surface area (Å²) in [6.45, 7) is 1.19. The van der Waals surface area contributed by atoms with E-state index >= 15 is 0 Å². The molecule has 1 aliphatic carbocycles. The average Bonchev–Trinajstić information content (AvgIpc) is 3.09. The maximum atomic E-state index is 11.9. The lowest BCUT2D eigenvalue weighted by Gasteiger charge is -2.00. The molecule has 2 N–H and O–H groups in total. The molecule has 0 radical (unpaired) electrons. The number of nitrogens with zero attached hydrogens (tertiary/aromatic N) is 1. The minimum Gasteiger partial charge on any atom is -0.460 e. The van der Waals surface area contributed by atoms with Crippen LogP contribution in [0.5, 0.6) is 0 Å². The normalized spacial score (nSPS) is 14.2. The molecule has 0 saturated heterocycles. The molecule has 0 bridgehead atoms. The predicted octanol–water partition coefficient (Wildman–Crippen LogP) is 3.72. The van der Waals surface area contributed by atoms with Crippen LogP contribution in [0.4, 0.5) is 0 Å². The van der Waals surface area contributed by atoms with E-state index in [4.69, 9.17) is 16.0 Å². The Labute approximate surface area is 148 Å². The summed E-state index contributed by atoms with van der Waals surface area (Å²) in [6.07, 6.45) is 2.15. The van der Waals surface area contributed by atoms with Gasteiger partial charge in [0.1, 0.15) is 22.0 Å². The van der Waals surface area contributed by atoms with Gasteiger partial charge in [-0.25, -0.2) is 4.98 Å². The zero-order valence-electron chi connectivity index (χ0n) is 12.8. The van der Waals surface area contributed by atoms with Crippen LogP contribution in [0.1, 0.15) is 34.1 Å². The van der Waals surface area contributed by atoms with Crippen LogP contribution < -0.4 is 10.6 Å². The van der Waals surface area contributed by atoms with E-state index in [9.17, 15) is 4.79 Å². The molecule has 0 spiro atoms. The topological polar surface area (TPSA) is 67.2 Å². The Morgan fingerprint density at radius 1 is 1.33 bits per heavy atom. The van der Waals surface area contributed by atoms with Crippen molar-refractivity contribution < 1.29 is 9.21 Å². The maximum Gasteiger partial charge on any atom is 0.270 e. The molecule has 1 aliphatic rings. The van der Waals surface area contributed by atoms with Crippen molar-refractivity contribution >= 4 is 39.8 Å². The highest BCUT2D eigenvalue weighted by atomic mass is 35.5. The fourth-order valence-corrected chi connectivity index (χ4v) is 3.36. The Balaban J connectivity index is 1.33. The van der Waals surface area contributed by atoms with Gasteiger partial charge in [-0.15, -0.1) is 11.3 Å². The summed E-state index contributed by atoms with van der Waals surface area (Å²) in [4.78, 5) is 16.3. The molecule has 1 aromatic carbocycles. The molecule has 2 heterocycles. The monoisotopic (exact) mass is 361 g/mol. The zero-order valence-corrected chi connectivity index (χ0v) is 14.4. The first-order valence-corrected chi connectivity index (χ1v) is 9.07. The molecule has 0 atom stereocenters. The second-order valence-electron chi connectivity index (χ2n) is 5.87. The molecule has 1 saturated carbocycles. The van der Waals surface area contributed by atoms with Crippen molar-refractivity contribution in [2.45, 2.75) is 32.0 Å². The van der Waals surface area contributed by atoms with Gasteiger partial charge >= 0.3 is 0 Å². The SMILES string of the molecule is O=C(NC1CC1)c1csc(CNCc2cc3cc(Cl)ccc3o2)n1. The Hall–Kier alpha value is -1.89. The lowest BCUT2D eigenvalue weighted by Crippen LogP contribution is -2.25. The molecule has 3 aromatic rings. The van der Waals surface area contributed by atoms with Crippen molar-refractivity contribution in [3.63, 3.8) is 0 Å². The van der Waals surface area contributed by atoms with E-state index in [0.717, 1.165) is 34.6 Å². The van der Waals surface area contributed by atoms with Crippen LogP contribution in [0, 0.1) is 0 Å². The number of carbonyl (C=O) groups excluding carboxylic acids is 1. The van der Waals surface area contributed by atoms with Gasteiger partial charge in [-0.3, -0.25) is 4.79 Å². The molecule has 24 heavy (non-hydrogen) atoms. The molecule has 2 aromatic heterocycles. The number of hydrogen-bond acceptors (Lipinski definition) is 5. The van der Waals surface area contributed by atoms with Gasteiger partial charge in [0.25, 0.3) is 5.91 Å². The Morgan fingerprint density at radius 3 is 3.04 bits per heavy atom. The van der Waals surface area contributed by atoms with E-state index in [-0.39, 0.29) is 5.91 Å². The van der Waals surface area contributed by atoms with Gasteiger partial charge in [0, 0.05) is 28.4 Å². The predicted molar refractivity (Wildman–Crippen MR) is 94.4 cm³/mol. The first-order chi connectivity index (χ1) is 11.7. The molecule has 5 nitrogen and oxygen atoms in total. The van der Waals surface area contributed by atoms with E-state index < -0.39 is 0 Å². The lowest BCUT2D eigenvalue weighted by atomic mass is 10.2. The number of aromatic nitrogens is 1.